The predicted octanol–water partition coefficient (Wildman–Crippen LogP) is -0.132. The summed E-state index contributed by atoms with van der Waals surface area (Å²) < 4.78 is 26.6. The number of sulfonamides is 1. The van der Waals surface area contributed by atoms with E-state index in [-0.39, 0.29) is 21.2 Å². The van der Waals surface area contributed by atoms with Crippen LogP contribution in [0.1, 0.15) is 20.7 Å². The molecule has 1 N–H and O–H groups in total. The number of nitrogens with one attached hydrogen (secondary N) is 1. The highest BCUT2D eigenvalue weighted by atomic mass is 35.5. The lowest BCUT2D eigenvalue weighted by molar-refractivity contribution is -0.256. The SMILES string of the molecule is O=C([O-])c1cccc(NS(=O)(=O)c2ccc(Cl)c(C(=O)[O-])c2)c1. The van der Waals surface area contributed by atoms with Gasteiger partial charge >= 0.3 is 0 Å². The van der Waals surface area contributed by atoms with Crippen molar-refractivity contribution in [1.29, 1.82) is 0 Å². The van der Waals surface area contributed by atoms with E-state index in [4.69, 9.17) is 11.6 Å². The Hall–Kier alpha value is -2.58. The van der Waals surface area contributed by atoms with Crippen LogP contribution >= 0.6 is 11.6 Å². The normalized spacial score (nSPS) is 11.0. The molecule has 2 rings (SSSR count). The highest BCUT2D eigenvalue weighted by Crippen LogP contribution is 2.22. The van der Waals surface area contributed by atoms with E-state index in [0.717, 1.165) is 24.3 Å². The van der Waals surface area contributed by atoms with Crippen molar-refractivity contribution >= 4 is 39.3 Å². The molecule has 0 fully saturated rings. The molecule has 9 heteroatoms. The van der Waals surface area contributed by atoms with Crippen LogP contribution in [-0.4, -0.2) is 20.4 Å². The minimum atomic E-state index is -4.14. The molecule has 23 heavy (non-hydrogen) atoms. The van der Waals surface area contributed by atoms with Crippen LogP contribution in [0.25, 0.3) is 0 Å². The molecule has 0 aliphatic heterocycles. The Morgan fingerprint density at radius 2 is 1.70 bits per heavy atom. The van der Waals surface area contributed by atoms with Crippen LogP contribution in [0.2, 0.25) is 5.02 Å². The third-order valence-electron chi connectivity index (χ3n) is 2.82. The van der Waals surface area contributed by atoms with Gasteiger partial charge in [0.15, 0.2) is 0 Å². The van der Waals surface area contributed by atoms with Crippen molar-refractivity contribution in [3.05, 3.63) is 58.6 Å². The van der Waals surface area contributed by atoms with Crippen molar-refractivity contribution in [3.8, 4) is 0 Å². The van der Waals surface area contributed by atoms with Crippen molar-refractivity contribution in [2.75, 3.05) is 4.72 Å². The number of rotatable bonds is 5. The number of halogens is 1. The van der Waals surface area contributed by atoms with Crippen LogP contribution in [0.5, 0.6) is 0 Å². The van der Waals surface area contributed by atoms with Gasteiger partial charge in [-0.3, -0.25) is 4.72 Å². The van der Waals surface area contributed by atoms with E-state index in [2.05, 4.69) is 4.72 Å². The lowest BCUT2D eigenvalue weighted by Gasteiger charge is -2.12. The first-order valence-electron chi connectivity index (χ1n) is 6.06. The molecule has 0 atom stereocenters. The van der Waals surface area contributed by atoms with Crippen molar-refractivity contribution in [1.82, 2.24) is 0 Å². The molecule has 120 valence electrons. The molecule has 2 aromatic rings. The summed E-state index contributed by atoms with van der Waals surface area (Å²) in [7, 11) is -4.14. The van der Waals surface area contributed by atoms with Gasteiger partial charge in [0.25, 0.3) is 10.0 Å². The fraction of sp³-hybridized carbons (Fsp3) is 0. The minimum Gasteiger partial charge on any atom is -0.545 e. The van der Waals surface area contributed by atoms with E-state index in [1.54, 1.807) is 0 Å². The number of hydrogen-bond acceptors (Lipinski definition) is 6. The average molecular weight is 354 g/mol. The van der Waals surface area contributed by atoms with Crippen molar-refractivity contribution < 1.29 is 28.2 Å². The molecule has 0 spiro atoms. The largest absolute Gasteiger partial charge is 0.545 e. The molecule has 0 bridgehead atoms. The first-order valence-corrected chi connectivity index (χ1v) is 7.92. The molecule has 7 nitrogen and oxygen atoms in total. The zero-order chi connectivity index (χ0) is 17.2. The zero-order valence-electron chi connectivity index (χ0n) is 11.3. The van der Waals surface area contributed by atoms with Gasteiger partial charge in [0.1, 0.15) is 0 Å². The summed E-state index contributed by atoms with van der Waals surface area (Å²) in [6.07, 6.45) is 0. The van der Waals surface area contributed by atoms with E-state index in [1.165, 1.54) is 18.2 Å². The summed E-state index contributed by atoms with van der Waals surface area (Å²) in [5.74, 6) is -3.08. The van der Waals surface area contributed by atoms with Crippen LogP contribution in [0.15, 0.2) is 47.4 Å². The third-order valence-corrected chi connectivity index (χ3v) is 4.53. The average Bonchev–Trinajstić information content (AvgIpc) is 2.46. The number of anilines is 1. The number of carboxylic acids is 2. The Balaban J connectivity index is 2.40. The number of carboxylic acid groups (broad SMARTS) is 2. The van der Waals surface area contributed by atoms with Crippen LogP contribution in [0, 0.1) is 0 Å². The Morgan fingerprint density at radius 1 is 1.00 bits per heavy atom. The summed E-state index contributed by atoms with van der Waals surface area (Å²) in [5, 5.41) is 21.5. The van der Waals surface area contributed by atoms with Gasteiger partial charge in [0, 0.05) is 16.3 Å². The molecule has 0 saturated heterocycles. The fourth-order valence-corrected chi connectivity index (χ4v) is 3.02. The molecule has 0 unspecified atom stereocenters. The summed E-state index contributed by atoms with van der Waals surface area (Å²) in [6.45, 7) is 0. The fourth-order valence-electron chi connectivity index (χ4n) is 1.75. The summed E-state index contributed by atoms with van der Waals surface area (Å²) >= 11 is 5.65. The predicted molar refractivity (Wildman–Crippen MR) is 77.4 cm³/mol. The van der Waals surface area contributed by atoms with Crippen molar-refractivity contribution in [2.45, 2.75) is 4.90 Å². The number of benzene rings is 2. The second-order valence-electron chi connectivity index (χ2n) is 4.40. The molecule has 2 aromatic carbocycles. The van der Waals surface area contributed by atoms with Crippen LogP contribution < -0.4 is 14.9 Å². The molecule has 0 aliphatic carbocycles. The van der Waals surface area contributed by atoms with Gasteiger partial charge in [0.2, 0.25) is 0 Å². The van der Waals surface area contributed by atoms with Gasteiger partial charge < -0.3 is 19.8 Å². The van der Waals surface area contributed by atoms with Crippen molar-refractivity contribution in [3.63, 3.8) is 0 Å². The monoisotopic (exact) mass is 353 g/mol. The minimum absolute atomic E-state index is 0.0170. The second kappa shape index (κ2) is 6.27. The van der Waals surface area contributed by atoms with Gasteiger partial charge in [-0.2, -0.15) is 0 Å². The Morgan fingerprint density at radius 3 is 2.30 bits per heavy atom. The van der Waals surface area contributed by atoms with Crippen molar-refractivity contribution in [2.24, 2.45) is 0 Å². The molecular weight excluding hydrogens is 346 g/mol. The Bertz CT molecular complexity index is 894. The summed E-state index contributed by atoms with van der Waals surface area (Å²) in [5.41, 5.74) is -0.702. The Kier molecular flexibility index (Phi) is 4.57. The maximum absolute atomic E-state index is 12.2. The van der Waals surface area contributed by atoms with Gasteiger partial charge in [0.05, 0.1) is 16.8 Å². The van der Waals surface area contributed by atoms with E-state index >= 15 is 0 Å². The third kappa shape index (κ3) is 3.79. The lowest BCUT2D eigenvalue weighted by atomic mass is 10.2. The number of carbonyl (C=O) groups is 2. The summed E-state index contributed by atoms with van der Waals surface area (Å²) in [4.78, 5) is 21.3. The first-order chi connectivity index (χ1) is 10.7. The van der Waals surface area contributed by atoms with E-state index in [1.807, 2.05) is 0 Å². The van der Waals surface area contributed by atoms with Crippen LogP contribution in [0.3, 0.4) is 0 Å². The van der Waals surface area contributed by atoms with Crippen LogP contribution in [0.4, 0.5) is 5.69 Å². The summed E-state index contributed by atoms with van der Waals surface area (Å²) in [6, 6.07) is 8.05. The second-order valence-corrected chi connectivity index (χ2v) is 6.49. The standard InChI is InChI=1S/C14H10ClNO6S/c15-12-5-4-10(7-11(12)14(19)20)23(21,22)16-9-3-1-2-8(6-9)13(17)18/h1-7,16H,(H,17,18)(H,19,20)/p-2. The van der Waals surface area contributed by atoms with Gasteiger partial charge in [-0.05, 0) is 35.9 Å². The Labute approximate surface area is 136 Å². The van der Waals surface area contributed by atoms with E-state index in [0.29, 0.717) is 0 Å². The molecule has 0 heterocycles. The molecule has 0 amide bonds. The molecule has 0 saturated carbocycles. The van der Waals surface area contributed by atoms with Gasteiger partial charge in [-0.25, -0.2) is 8.42 Å². The molecule has 0 radical (unpaired) electrons. The molecule has 0 aliphatic rings. The van der Waals surface area contributed by atoms with Crippen LogP contribution in [-0.2, 0) is 10.0 Å². The number of aromatic carboxylic acids is 2. The highest BCUT2D eigenvalue weighted by Gasteiger charge is 2.16. The first kappa shape index (κ1) is 16.8. The maximum Gasteiger partial charge on any atom is 0.261 e. The van der Waals surface area contributed by atoms with Gasteiger partial charge in [-0.15, -0.1) is 0 Å². The topological polar surface area (TPSA) is 126 Å². The number of hydrogen-bond donors (Lipinski definition) is 1. The smallest absolute Gasteiger partial charge is 0.261 e. The zero-order valence-corrected chi connectivity index (χ0v) is 12.8. The van der Waals surface area contributed by atoms with Gasteiger partial charge in [-0.1, -0.05) is 23.7 Å². The lowest BCUT2D eigenvalue weighted by Crippen LogP contribution is -2.24. The number of carbonyl (C=O) groups excluding carboxylic acids is 2. The maximum atomic E-state index is 12.2. The molecule has 0 aromatic heterocycles. The van der Waals surface area contributed by atoms with E-state index in [9.17, 15) is 28.2 Å². The van der Waals surface area contributed by atoms with E-state index < -0.39 is 27.5 Å². The quantitative estimate of drug-likeness (QED) is 0.797. The molecular formula is C14H8ClNO6S-2. The highest BCUT2D eigenvalue weighted by molar-refractivity contribution is 7.92.